The molecule has 0 spiro atoms. The standard InChI is InChI=1S/C21H26N2O4S2/c1-16-6-7-17(2)21(14-16)29(26,27)23-13-10-18-15-19(8-9-20(18)23)28(24,25)22-11-4-3-5-12-22/h6-9,14-15H,3-5,10-13H2,1-2H3. The molecule has 2 heterocycles. The number of fused-ring (bicyclic) bond motifs is 1. The van der Waals surface area contributed by atoms with Crippen LogP contribution in [-0.2, 0) is 26.5 Å². The summed E-state index contributed by atoms with van der Waals surface area (Å²) >= 11 is 0. The molecule has 29 heavy (non-hydrogen) atoms. The predicted octanol–water partition coefficient (Wildman–Crippen LogP) is 3.23. The van der Waals surface area contributed by atoms with E-state index in [1.807, 2.05) is 19.1 Å². The largest absolute Gasteiger partial charge is 0.266 e. The van der Waals surface area contributed by atoms with Gasteiger partial charge in [0.25, 0.3) is 10.0 Å². The first kappa shape index (κ1) is 20.4. The molecule has 0 amide bonds. The maximum absolute atomic E-state index is 13.3. The van der Waals surface area contributed by atoms with Gasteiger partial charge in [-0.1, -0.05) is 18.6 Å². The average Bonchev–Trinajstić information content (AvgIpc) is 3.14. The molecule has 0 unspecified atom stereocenters. The molecule has 0 aliphatic carbocycles. The van der Waals surface area contributed by atoms with Crippen LogP contribution in [0.5, 0.6) is 0 Å². The molecule has 2 aliphatic heterocycles. The van der Waals surface area contributed by atoms with Crippen molar-refractivity contribution in [1.82, 2.24) is 4.31 Å². The molecule has 0 atom stereocenters. The summed E-state index contributed by atoms with van der Waals surface area (Å²) in [5.41, 5.74) is 2.92. The lowest BCUT2D eigenvalue weighted by Gasteiger charge is -2.26. The summed E-state index contributed by atoms with van der Waals surface area (Å²) in [4.78, 5) is 0.555. The Balaban J connectivity index is 1.69. The van der Waals surface area contributed by atoms with Crippen molar-refractivity contribution < 1.29 is 16.8 Å². The molecule has 0 aromatic heterocycles. The van der Waals surface area contributed by atoms with Crippen LogP contribution in [-0.4, -0.2) is 40.8 Å². The fourth-order valence-electron chi connectivity index (χ4n) is 4.12. The highest BCUT2D eigenvalue weighted by atomic mass is 32.2. The first-order valence-electron chi connectivity index (χ1n) is 9.94. The summed E-state index contributed by atoms with van der Waals surface area (Å²) in [5, 5.41) is 0. The van der Waals surface area contributed by atoms with E-state index in [2.05, 4.69) is 0 Å². The van der Waals surface area contributed by atoms with E-state index < -0.39 is 20.0 Å². The number of benzene rings is 2. The molecule has 0 saturated carbocycles. The molecule has 0 radical (unpaired) electrons. The van der Waals surface area contributed by atoms with Gasteiger partial charge in [-0.05, 0) is 74.1 Å². The van der Waals surface area contributed by atoms with Gasteiger partial charge in [0.1, 0.15) is 0 Å². The van der Waals surface area contributed by atoms with E-state index in [9.17, 15) is 16.8 Å². The van der Waals surface area contributed by atoms with Gasteiger partial charge in [-0.25, -0.2) is 16.8 Å². The van der Waals surface area contributed by atoms with Gasteiger partial charge < -0.3 is 0 Å². The molecule has 0 bridgehead atoms. The Morgan fingerprint density at radius 2 is 1.52 bits per heavy atom. The normalized spacial score (nSPS) is 18.1. The van der Waals surface area contributed by atoms with E-state index in [0.29, 0.717) is 42.2 Å². The number of anilines is 1. The zero-order valence-corrected chi connectivity index (χ0v) is 18.4. The minimum Gasteiger partial charge on any atom is -0.266 e. The van der Waals surface area contributed by atoms with E-state index >= 15 is 0 Å². The Morgan fingerprint density at radius 3 is 2.24 bits per heavy atom. The third-order valence-corrected chi connectivity index (χ3v) is 9.62. The maximum atomic E-state index is 13.3. The first-order chi connectivity index (χ1) is 13.7. The van der Waals surface area contributed by atoms with Gasteiger partial charge in [0.05, 0.1) is 15.5 Å². The lowest BCUT2D eigenvalue weighted by Crippen LogP contribution is -2.35. The van der Waals surface area contributed by atoms with E-state index in [-0.39, 0.29) is 4.90 Å². The quantitative estimate of drug-likeness (QED) is 0.740. The fraction of sp³-hybridized carbons (Fsp3) is 0.429. The third-order valence-electron chi connectivity index (χ3n) is 5.77. The molecule has 4 rings (SSSR count). The highest BCUT2D eigenvalue weighted by molar-refractivity contribution is 7.93. The SMILES string of the molecule is Cc1ccc(C)c(S(=O)(=O)N2CCc3cc(S(=O)(=O)N4CCCCC4)ccc32)c1. The molecule has 6 nitrogen and oxygen atoms in total. The summed E-state index contributed by atoms with van der Waals surface area (Å²) < 4.78 is 55.5. The summed E-state index contributed by atoms with van der Waals surface area (Å²) in [7, 11) is -7.24. The van der Waals surface area contributed by atoms with E-state index in [1.54, 1.807) is 31.2 Å². The minimum atomic E-state index is -3.70. The predicted molar refractivity (Wildman–Crippen MR) is 113 cm³/mol. The number of rotatable bonds is 4. The van der Waals surface area contributed by atoms with Crippen LogP contribution in [0.25, 0.3) is 0 Å². The minimum absolute atomic E-state index is 0.254. The van der Waals surface area contributed by atoms with Crippen molar-refractivity contribution in [2.24, 2.45) is 0 Å². The van der Waals surface area contributed by atoms with Crippen LogP contribution >= 0.6 is 0 Å². The number of aryl methyl sites for hydroxylation is 2. The lowest BCUT2D eigenvalue weighted by molar-refractivity contribution is 0.346. The van der Waals surface area contributed by atoms with Crippen molar-refractivity contribution in [1.29, 1.82) is 0 Å². The Kier molecular flexibility index (Phi) is 5.21. The van der Waals surface area contributed by atoms with Crippen LogP contribution in [0.4, 0.5) is 5.69 Å². The van der Waals surface area contributed by atoms with Crippen molar-refractivity contribution >= 4 is 25.7 Å². The summed E-state index contributed by atoms with van der Waals surface area (Å²) in [6.45, 7) is 5.07. The first-order valence-corrected chi connectivity index (χ1v) is 12.8. The van der Waals surface area contributed by atoms with Gasteiger partial charge in [0, 0.05) is 19.6 Å². The molecule has 1 saturated heterocycles. The number of hydrogen-bond donors (Lipinski definition) is 0. The van der Waals surface area contributed by atoms with Crippen LogP contribution < -0.4 is 4.31 Å². The topological polar surface area (TPSA) is 74.8 Å². The van der Waals surface area contributed by atoms with Crippen molar-refractivity contribution in [2.75, 3.05) is 23.9 Å². The summed E-state index contributed by atoms with van der Waals surface area (Å²) in [5.74, 6) is 0. The highest BCUT2D eigenvalue weighted by Crippen LogP contribution is 2.36. The van der Waals surface area contributed by atoms with E-state index in [4.69, 9.17) is 0 Å². The zero-order valence-electron chi connectivity index (χ0n) is 16.8. The lowest BCUT2D eigenvalue weighted by atomic mass is 10.2. The van der Waals surface area contributed by atoms with Gasteiger partial charge in [0.15, 0.2) is 0 Å². The van der Waals surface area contributed by atoms with Gasteiger partial charge >= 0.3 is 0 Å². The number of piperidine rings is 1. The number of sulfonamides is 2. The second-order valence-corrected chi connectivity index (χ2v) is 11.6. The molecule has 0 N–H and O–H groups in total. The second-order valence-electron chi connectivity index (χ2n) is 7.85. The molecule has 2 aliphatic rings. The third kappa shape index (κ3) is 3.58. The van der Waals surface area contributed by atoms with Gasteiger partial charge in [-0.3, -0.25) is 4.31 Å². The highest BCUT2D eigenvalue weighted by Gasteiger charge is 2.34. The Hall–Kier alpha value is -1.90. The van der Waals surface area contributed by atoms with Crippen LogP contribution in [0.1, 0.15) is 36.0 Å². The Morgan fingerprint density at radius 1 is 0.793 bits per heavy atom. The van der Waals surface area contributed by atoms with Gasteiger partial charge in [-0.15, -0.1) is 0 Å². The van der Waals surface area contributed by atoms with Crippen molar-refractivity contribution in [3.05, 3.63) is 53.1 Å². The van der Waals surface area contributed by atoms with Gasteiger partial charge in [0.2, 0.25) is 10.0 Å². The number of hydrogen-bond acceptors (Lipinski definition) is 4. The smallest absolute Gasteiger partial charge is 0.264 e. The molecular formula is C21H26N2O4S2. The number of nitrogens with zero attached hydrogens (tertiary/aromatic N) is 2. The van der Waals surface area contributed by atoms with Crippen molar-refractivity contribution in [3.63, 3.8) is 0 Å². The van der Waals surface area contributed by atoms with Crippen molar-refractivity contribution in [2.45, 2.75) is 49.3 Å². The molecule has 2 aromatic rings. The van der Waals surface area contributed by atoms with Crippen LogP contribution in [0.2, 0.25) is 0 Å². The molecular weight excluding hydrogens is 408 g/mol. The Bertz CT molecular complexity index is 1150. The zero-order chi connectivity index (χ0) is 20.8. The molecule has 8 heteroatoms. The van der Waals surface area contributed by atoms with Gasteiger partial charge in [-0.2, -0.15) is 4.31 Å². The molecule has 2 aromatic carbocycles. The summed E-state index contributed by atoms with van der Waals surface area (Å²) in [6, 6.07) is 10.2. The van der Waals surface area contributed by atoms with E-state index in [1.165, 1.54) is 8.61 Å². The van der Waals surface area contributed by atoms with Crippen LogP contribution in [0, 0.1) is 13.8 Å². The fourth-order valence-corrected chi connectivity index (χ4v) is 7.50. The van der Waals surface area contributed by atoms with Crippen LogP contribution in [0.15, 0.2) is 46.2 Å². The van der Waals surface area contributed by atoms with E-state index in [0.717, 1.165) is 30.4 Å². The molecule has 156 valence electrons. The summed E-state index contributed by atoms with van der Waals surface area (Å²) in [6.07, 6.45) is 3.32. The average molecular weight is 435 g/mol. The van der Waals surface area contributed by atoms with Crippen LogP contribution in [0.3, 0.4) is 0 Å². The van der Waals surface area contributed by atoms with Crippen molar-refractivity contribution in [3.8, 4) is 0 Å². The Labute approximate surface area is 173 Å². The second kappa shape index (κ2) is 7.41. The maximum Gasteiger partial charge on any atom is 0.264 e. The molecule has 1 fully saturated rings. The monoisotopic (exact) mass is 434 g/mol.